The summed E-state index contributed by atoms with van der Waals surface area (Å²) >= 11 is 0. The van der Waals surface area contributed by atoms with Gasteiger partial charge in [-0.1, -0.05) is 25.1 Å². The number of hydrogen-bond donors (Lipinski definition) is 1. The van der Waals surface area contributed by atoms with Gasteiger partial charge in [-0.3, -0.25) is 4.98 Å². The summed E-state index contributed by atoms with van der Waals surface area (Å²) in [5.74, 6) is 0.949. The molecule has 0 fully saturated rings. The summed E-state index contributed by atoms with van der Waals surface area (Å²) < 4.78 is 5.45. The Kier molecular flexibility index (Phi) is 5.56. The number of aromatic nitrogens is 1. The minimum absolute atomic E-state index is 0.286. The lowest BCUT2D eigenvalue weighted by atomic mass is 9.99. The second kappa shape index (κ2) is 7.65. The van der Waals surface area contributed by atoms with E-state index in [0.717, 1.165) is 25.1 Å². The molecule has 1 N–H and O–H groups in total. The number of hydrogen-bond acceptors (Lipinski definition) is 3. The van der Waals surface area contributed by atoms with Crippen LogP contribution in [0.5, 0.6) is 5.75 Å². The molecule has 2 rings (SSSR count). The summed E-state index contributed by atoms with van der Waals surface area (Å²) in [7, 11) is 1.72. The third-order valence-corrected chi connectivity index (χ3v) is 3.37. The molecule has 106 valence electrons. The van der Waals surface area contributed by atoms with Crippen molar-refractivity contribution in [2.24, 2.45) is 0 Å². The first-order valence-electron chi connectivity index (χ1n) is 7.10. The van der Waals surface area contributed by atoms with Gasteiger partial charge >= 0.3 is 0 Å². The molecule has 0 saturated heterocycles. The number of benzene rings is 1. The van der Waals surface area contributed by atoms with Crippen molar-refractivity contribution in [1.29, 1.82) is 0 Å². The summed E-state index contributed by atoms with van der Waals surface area (Å²) in [6, 6.07) is 12.6. The molecule has 3 heteroatoms. The van der Waals surface area contributed by atoms with Gasteiger partial charge in [0.1, 0.15) is 5.75 Å². The van der Waals surface area contributed by atoms with Crippen molar-refractivity contribution in [2.45, 2.75) is 25.8 Å². The SMILES string of the molecule is CCCNC(Cc1ccccc1OC)c1ccncc1. The largest absolute Gasteiger partial charge is 0.496 e. The number of rotatable bonds is 7. The fourth-order valence-corrected chi connectivity index (χ4v) is 2.31. The van der Waals surface area contributed by atoms with E-state index in [1.807, 2.05) is 24.5 Å². The van der Waals surface area contributed by atoms with Crippen molar-refractivity contribution < 1.29 is 4.74 Å². The van der Waals surface area contributed by atoms with Crippen LogP contribution in [0, 0.1) is 0 Å². The van der Waals surface area contributed by atoms with Crippen LogP contribution in [0.25, 0.3) is 0 Å². The summed E-state index contributed by atoms with van der Waals surface area (Å²) in [4.78, 5) is 4.10. The van der Waals surface area contributed by atoms with Gasteiger partial charge in [0.2, 0.25) is 0 Å². The van der Waals surface area contributed by atoms with E-state index < -0.39 is 0 Å². The fourth-order valence-electron chi connectivity index (χ4n) is 2.31. The van der Waals surface area contributed by atoms with Crippen LogP contribution in [0.3, 0.4) is 0 Å². The van der Waals surface area contributed by atoms with Crippen molar-refractivity contribution in [3.8, 4) is 5.75 Å². The molecule has 0 radical (unpaired) electrons. The highest BCUT2D eigenvalue weighted by atomic mass is 16.5. The van der Waals surface area contributed by atoms with Crippen LogP contribution in [0.4, 0.5) is 0 Å². The number of nitrogens with one attached hydrogen (secondary N) is 1. The van der Waals surface area contributed by atoms with E-state index >= 15 is 0 Å². The van der Waals surface area contributed by atoms with Gasteiger partial charge in [-0.05, 0) is 48.7 Å². The third kappa shape index (κ3) is 3.81. The van der Waals surface area contributed by atoms with E-state index in [1.165, 1.54) is 11.1 Å². The lowest BCUT2D eigenvalue weighted by Crippen LogP contribution is -2.24. The maximum absolute atomic E-state index is 5.45. The van der Waals surface area contributed by atoms with Gasteiger partial charge in [0, 0.05) is 18.4 Å². The molecule has 0 aliphatic rings. The molecule has 0 amide bonds. The lowest BCUT2D eigenvalue weighted by molar-refractivity contribution is 0.405. The van der Waals surface area contributed by atoms with Crippen LogP contribution < -0.4 is 10.1 Å². The number of nitrogens with zero attached hydrogens (tertiary/aromatic N) is 1. The molecular weight excluding hydrogens is 248 g/mol. The Balaban J connectivity index is 2.19. The van der Waals surface area contributed by atoms with Gasteiger partial charge in [-0.25, -0.2) is 0 Å². The zero-order valence-corrected chi connectivity index (χ0v) is 12.2. The number of pyridine rings is 1. The minimum atomic E-state index is 0.286. The molecule has 0 aliphatic heterocycles. The maximum atomic E-state index is 5.45. The molecule has 1 atom stereocenters. The summed E-state index contributed by atoms with van der Waals surface area (Å²) in [5.41, 5.74) is 2.49. The van der Waals surface area contributed by atoms with E-state index in [1.54, 1.807) is 7.11 Å². The molecule has 0 saturated carbocycles. The summed E-state index contributed by atoms with van der Waals surface area (Å²) in [6.45, 7) is 3.18. The average molecular weight is 270 g/mol. The fraction of sp³-hybridized carbons (Fsp3) is 0.353. The van der Waals surface area contributed by atoms with Gasteiger partial charge in [-0.15, -0.1) is 0 Å². The average Bonchev–Trinajstić information content (AvgIpc) is 2.52. The maximum Gasteiger partial charge on any atom is 0.122 e. The third-order valence-electron chi connectivity index (χ3n) is 3.37. The Morgan fingerprint density at radius 2 is 1.90 bits per heavy atom. The van der Waals surface area contributed by atoms with Crippen molar-refractivity contribution in [1.82, 2.24) is 10.3 Å². The molecule has 0 spiro atoms. The zero-order chi connectivity index (χ0) is 14.2. The first-order chi connectivity index (χ1) is 9.85. The summed E-state index contributed by atoms with van der Waals surface area (Å²) in [6.07, 6.45) is 5.72. The van der Waals surface area contributed by atoms with Crippen molar-refractivity contribution in [2.75, 3.05) is 13.7 Å². The molecule has 1 aromatic carbocycles. The van der Waals surface area contributed by atoms with Crippen molar-refractivity contribution in [3.63, 3.8) is 0 Å². The van der Waals surface area contributed by atoms with E-state index in [9.17, 15) is 0 Å². The van der Waals surface area contributed by atoms with Crippen LogP contribution in [0.2, 0.25) is 0 Å². The molecule has 1 heterocycles. The highest BCUT2D eigenvalue weighted by Gasteiger charge is 2.13. The molecule has 2 aromatic rings. The second-order valence-electron chi connectivity index (χ2n) is 4.80. The van der Waals surface area contributed by atoms with E-state index in [-0.39, 0.29) is 6.04 Å². The first kappa shape index (κ1) is 14.5. The Labute approximate surface area is 121 Å². The van der Waals surface area contributed by atoms with Crippen LogP contribution in [-0.2, 0) is 6.42 Å². The molecule has 0 bridgehead atoms. The highest BCUT2D eigenvalue weighted by Crippen LogP contribution is 2.24. The predicted octanol–water partition coefficient (Wildman–Crippen LogP) is 3.37. The van der Waals surface area contributed by atoms with Crippen molar-refractivity contribution in [3.05, 3.63) is 59.9 Å². The van der Waals surface area contributed by atoms with Crippen molar-refractivity contribution >= 4 is 0 Å². The van der Waals surface area contributed by atoms with Crippen LogP contribution in [0.1, 0.15) is 30.5 Å². The quantitative estimate of drug-likeness (QED) is 0.837. The van der Waals surface area contributed by atoms with Gasteiger partial charge in [-0.2, -0.15) is 0 Å². The standard InChI is InChI=1S/C17H22N2O/c1-3-10-19-16(14-8-11-18-12-9-14)13-15-6-4-5-7-17(15)20-2/h4-9,11-12,16,19H,3,10,13H2,1-2H3. The van der Waals surface area contributed by atoms with Crippen LogP contribution in [0.15, 0.2) is 48.8 Å². The molecule has 20 heavy (non-hydrogen) atoms. The Hall–Kier alpha value is -1.87. The molecule has 1 aromatic heterocycles. The Bertz CT molecular complexity index is 513. The molecule has 3 nitrogen and oxygen atoms in total. The van der Waals surface area contributed by atoms with Crippen LogP contribution in [-0.4, -0.2) is 18.6 Å². The van der Waals surface area contributed by atoms with Gasteiger partial charge in [0.15, 0.2) is 0 Å². The topological polar surface area (TPSA) is 34.1 Å². The zero-order valence-electron chi connectivity index (χ0n) is 12.2. The number of ether oxygens (including phenoxy) is 1. The minimum Gasteiger partial charge on any atom is -0.496 e. The Morgan fingerprint density at radius 1 is 1.15 bits per heavy atom. The predicted molar refractivity (Wildman–Crippen MR) is 82.0 cm³/mol. The second-order valence-corrected chi connectivity index (χ2v) is 4.80. The van der Waals surface area contributed by atoms with Gasteiger partial charge in [0.25, 0.3) is 0 Å². The first-order valence-corrected chi connectivity index (χ1v) is 7.10. The van der Waals surface area contributed by atoms with Gasteiger partial charge < -0.3 is 10.1 Å². The molecule has 0 aliphatic carbocycles. The van der Waals surface area contributed by atoms with E-state index in [2.05, 4.69) is 41.5 Å². The van der Waals surface area contributed by atoms with Crippen LogP contribution >= 0.6 is 0 Å². The van der Waals surface area contributed by atoms with E-state index in [4.69, 9.17) is 4.74 Å². The number of para-hydroxylation sites is 1. The lowest BCUT2D eigenvalue weighted by Gasteiger charge is -2.20. The normalized spacial score (nSPS) is 12.1. The Morgan fingerprint density at radius 3 is 2.60 bits per heavy atom. The highest BCUT2D eigenvalue weighted by molar-refractivity contribution is 5.35. The summed E-state index contributed by atoms with van der Waals surface area (Å²) in [5, 5.41) is 3.60. The monoisotopic (exact) mass is 270 g/mol. The smallest absolute Gasteiger partial charge is 0.122 e. The number of methoxy groups -OCH3 is 1. The molecular formula is C17H22N2O. The molecule has 1 unspecified atom stereocenters. The van der Waals surface area contributed by atoms with E-state index in [0.29, 0.717) is 0 Å². The van der Waals surface area contributed by atoms with Gasteiger partial charge in [0.05, 0.1) is 7.11 Å².